The van der Waals surface area contributed by atoms with Crippen molar-refractivity contribution in [2.24, 2.45) is 0 Å². The molecule has 0 amide bonds. The summed E-state index contributed by atoms with van der Waals surface area (Å²) in [6, 6.07) is 9.25. The highest BCUT2D eigenvalue weighted by Gasteiger charge is 2.53. The van der Waals surface area contributed by atoms with Crippen LogP contribution in [0.1, 0.15) is 19.4 Å². The molecule has 0 aromatic heterocycles. The Labute approximate surface area is 174 Å². The van der Waals surface area contributed by atoms with Crippen LogP contribution in [0.15, 0.2) is 43.0 Å². The highest BCUT2D eigenvalue weighted by Crippen LogP contribution is 2.30. The summed E-state index contributed by atoms with van der Waals surface area (Å²) >= 11 is 0. The number of carbonyl (C=O) groups is 3. The number of methoxy groups -OCH3 is 1. The van der Waals surface area contributed by atoms with Crippen LogP contribution in [-0.4, -0.2) is 62.3 Å². The highest BCUT2D eigenvalue weighted by atomic mass is 16.7. The third-order valence-corrected chi connectivity index (χ3v) is 4.20. The fourth-order valence-corrected chi connectivity index (χ4v) is 3.01. The van der Waals surface area contributed by atoms with E-state index in [1.807, 2.05) is 30.3 Å². The van der Waals surface area contributed by atoms with Crippen LogP contribution < -0.4 is 0 Å². The zero-order chi connectivity index (χ0) is 22.1. The summed E-state index contributed by atoms with van der Waals surface area (Å²) in [6.07, 6.45) is -4.38. The molecule has 1 heterocycles. The van der Waals surface area contributed by atoms with Crippen molar-refractivity contribution in [2.45, 2.75) is 51.2 Å². The maximum absolute atomic E-state index is 12.4. The van der Waals surface area contributed by atoms with Crippen molar-refractivity contribution in [3.05, 3.63) is 48.6 Å². The predicted octanol–water partition coefficient (Wildman–Crippen LogP) is 1.54. The lowest BCUT2D eigenvalue weighted by molar-refractivity contribution is -0.302. The van der Waals surface area contributed by atoms with Gasteiger partial charge < -0.3 is 28.4 Å². The third kappa shape index (κ3) is 6.38. The van der Waals surface area contributed by atoms with Gasteiger partial charge in [0, 0.05) is 13.8 Å². The second-order valence-electron chi connectivity index (χ2n) is 6.48. The molecular weight excluding hydrogens is 396 g/mol. The third-order valence-electron chi connectivity index (χ3n) is 4.20. The molecule has 0 saturated carbocycles. The first kappa shape index (κ1) is 23.5. The lowest BCUT2D eigenvalue weighted by atomic mass is 9.97. The van der Waals surface area contributed by atoms with Gasteiger partial charge in [0.25, 0.3) is 0 Å². The molecule has 1 saturated heterocycles. The summed E-state index contributed by atoms with van der Waals surface area (Å²) in [6.45, 7) is 6.16. The molecule has 9 heteroatoms. The summed E-state index contributed by atoms with van der Waals surface area (Å²) in [5.74, 6) is -2.09. The van der Waals surface area contributed by atoms with Gasteiger partial charge in [-0.1, -0.05) is 36.4 Å². The van der Waals surface area contributed by atoms with Gasteiger partial charge >= 0.3 is 17.9 Å². The van der Waals surface area contributed by atoms with Crippen molar-refractivity contribution in [1.29, 1.82) is 0 Å². The Balaban J connectivity index is 2.40. The second-order valence-corrected chi connectivity index (χ2v) is 6.48. The second kappa shape index (κ2) is 11.4. The molecule has 2 rings (SSSR count). The van der Waals surface area contributed by atoms with Crippen LogP contribution in [0.4, 0.5) is 0 Å². The first-order valence-electron chi connectivity index (χ1n) is 9.33. The first-order chi connectivity index (χ1) is 14.4. The molecule has 9 nitrogen and oxygen atoms in total. The van der Waals surface area contributed by atoms with Gasteiger partial charge in [0.1, 0.15) is 12.2 Å². The molecule has 0 bridgehead atoms. The van der Waals surface area contributed by atoms with Gasteiger partial charge in [-0.3, -0.25) is 9.59 Å². The van der Waals surface area contributed by atoms with Crippen molar-refractivity contribution < 1.29 is 42.8 Å². The average Bonchev–Trinajstić information content (AvgIpc) is 2.72. The Bertz CT molecular complexity index is 731. The molecule has 164 valence electrons. The van der Waals surface area contributed by atoms with Crippen LogP contribution in [0.3, 0.4) is 0 Å². The number of hydrogen-bond acceptors (Lipinski definition) is 9. The van der Waals surface area contributed by atoms with Crippen molar-refractivity contribution in [3.63, 3.8) is 0 Å². The molecule has 0 spiro atoms. The van der Waals surface area contributed by atoms with E-state index in [2.05, 4.69) is 6.58 Å². The molecule has 0 aliphatic carbocycles. The average molecular weight is 422 g/mol. The Morgan fingerprint density at radius 2 is 1.67 bits per heavy atom. The summed E-state index contributed by atoms with van der Waals surface area (Å²) in [4.78, 5) is 35.7. The predicted molar refractivity (Wildman–Crippen MR) is 103 cm³/mol. The summed E-state index contributed by atoms with van der Waals surface area (Å²) < 4.78 is 32.7. The van der Waals surface area contributed by atoms with Crippen LogP contribution in [0, 0.1) is 0 Å². The quantitative estimate of drug-likeness (QED) is 0.333. The lowest BCUT2D eigenvalue weighted by Crippen LogP contribution is -2.63. The summed E-state index contributed by atoms with van der Waals surface area (Å²) in [7, 11) is 1.19. The van der Waals surface area contributed by atoms with Gasteiger partial charge in [0.05, 0.1) is 20.3 Å². The van der Waals surface area contributed by atoms with Gasteiger partial charge in [-0.15, -0.1) is 6.58 Å². The van der Waals surface area contributed by atoms with Crippen LogP contribution >= 0.6 is 0 Å². The maximum atomic E-state index is 12.4. The topological polar surface area (TPSA) is 107 Å². The molecule has 1 aliphatic rings. The first-order valence-corrected chi connectivity index (χ1v) is 9.33. The number of hydrogen-bond donors (Lipinski definition) is 0. The van der Waals surface area contributed by atoms with E-state index in [9.17, 15) is 14.4 Å². The molecule has 0 unspecified atom stereocenters. The van der Waals surface area contributed by atoms with Gasteiger partial charge in [-0.05, 0) is 5.56 Å². The van der Waals surface area contributed by atoms with Crippen LogP contribution in [-0.2, 0) is 49.4 Å². The zero-order valence-corrected chi connectivity index (χ0v) is 17.1. The molecule has 1 aromatic carbocycles. The molecule has 0 N–H and O–H groups in total. The Morgan fingerprint density at radius 1 is 1.00 bits per heavy atom. The van der Waals surface area contributed by atoms with E-state index in [0.29, 0.717) is 0 Å². The van der Waals surface area contributed by atoms with Gasteiger partial charge in [0.2, 0.25) is 6.29 Å². The van der Waals surface area contributed by atoms with Crippen LogP contribution in [0.5, 0.6) is 0 Å². The molecule has 1 fully saturated rings. The normalized spacial score (nSPS) is 25.8. The fourth-order valence-electron chi connectivity index (χ4n) is 3.01. The van der Waals surface area contributed by atoms with Gasteiger partial charge in [0.15, 0.2) is 12.2 Å². The van der Waals surface area contributed by atoms with E-state index in [4.69, 9.17) is 28.4 Å². The van der Waals surface area contributed by atoms with Crippen LogP contribution in [0.2, 0.25) is 0 Å². The maximum Gasteiger partial charge on any atom is 0.338 e. The van der Waals surface area contributed by atoms with Crippen molar-refractivity contribution in [1.82, 2.24) is 0 Å². The number of benzene rings is 1. The van der Waals surface area contributed by atoms with Gasteiger partial charge in [-0.25, -0.2) is 4.79 Å². The Hall–Kier alpha value is -2.75. The Morgan fingerprint density at radius 3 is 2.23 bits per heavy atom. The molecule has 1 aromatic rings. The minimum atomic E-state index is -1.39. The van der Waals surface area contributed by atoms with Crippen molar-refractivity contribution in [2.75, 3.05) is 13.7 Å². The summed E-state index contributed by atoms with van der Waals surface area (Å²) in [5.41, 5.74) is 0.840. The number of esters is 3. The largest absolute Gasteiger partial charge is 0.467 e. The van der Waals surface area contributed by atoms with E-state index in [1.165, 1.54) is 27.0 Å². The molecule has 5 atom stereocenters. The van der Waals surface area contributed by atoms with Crippen LogP contribution in [0.25, 0.3) is 0 Å². The standard InChI is InChI=1S/C21H26O9/c1-5-11-26-16-17(27-12-15-9-7-6-8-10-15)19(28-13(2)22)21(29-14(3)23)30-18(16)20(24)25-4/h5-10,16-19,21H,1,11-12H2,2-4H3/t16-,17-,18+,19+,21-/m0/s1. The van der Waals surface area contributed by atoms with E-state index in [1.54, 1.807) is 0 Å². The highest BCUT2D eigenvalue weighted by molar-refractivity contribution is 5.76. The minimum absolute atomic E-state index is 0.0672. The summed E-state index contributed by atoms with van der Waals surface area (Å²) in [5, 5.41) is 0. The molecular formula is C21H26O9. The smallest absolute Gasteiger partial charge is 0.338 e. The number of ether oxygens (including phenoxy) is 6. The molecule has 0 radical (unpaired) electrons. The monoisotopic (exact) mass is 422 g/mol. The van der Waals surface area contributed by atoms with E-state index < -0.39 is 48.6 Å². The molecule has 30 heavy (non-hydrogen) atoms. The van der Waals surface area contributed by atoms with Crippen molar-refractivity contribution >= 4 is 17.9 Å². The SMILES string of the molecule is C=CCO[C@H]1[C@H](OCc2ccccc2)[C@@H](OC(C)=O)[C@@H](OC(C)=O)O[C@H]1C(=O)OC. The van der Waals surface area contributed by atoms with Crippen molar-refractivity contribution in [3.8, 4) is 0 Å². The van der Waals surface area contributed by atoms with E-state index in [-0.39, 0.29) is 13.2 Å². The molecule has 1 aliphatic heterocycles. The number of carbonyl (C=O) groups excluding carboxylic acids is 3. The van der Waals surface area contributed by atoms with E-state index in [0.717, 1.165) is 5.56 Å². The zero-order valence-electron chi connectivity index (χ0n) is 17.1. The Kier molecular flexibility index (Phi) is 8.97. The minimum Gasteiger partial charge on any atom is -0.467 e. The number of rotatable bonds is 9. The van der Waals surface area contributed by atoms with Gasteiger partial charge in [-0.2, -0.15) is 0 Å². The van der Waals surface area contributed by atoms with E-state index >= 15 is 0 Å². The lowest BCUT2D eigenvalue weighted by Gasteiger charge is -2.43. The fraction of sp³-hybridized carbons (Fsp3) is 0.476.